The predicted molar refractivity (Wildman–Crippen MR) is 129 cm³/mol. The number of pyridine rings is 3. The largest absolute Gasteiger partial charge is 0.353 e. The summed E-state index contributed by atoms with van der Waals surface area (Å²) in [5.74, 6) is 0.692. The Hall–Kier alpha value is -3.56. The average Bonchev–Trinajstić information content (AvgIpc) is 3.25. The Labute approximate surface area is 196 Å². The molecular formula is C23H23ClN8O. The van der Waals surface area contributed by atoms with Gasteiger partial charge in [0.25, 0.3) is 5.91 Å². The van der Waals surface area contributed by atoms with Gasteiger partial charge >= 0.3 is 0 Å². The molecule has 0 saturated carbocycles. The number of carbonyl (C=O) groups excluding carboxylic acids is 1. The number of rotatable bonds is 4. The van der Waals surface area contributed by atoms with E-state index in [1.165, 1.54) is 0 Å². The summed E-state index contributed by atoms with van der Waals surface area (Å²) in [5, 5.41) is 8.27. The molecule has 1 saturated heterocycles. The Kier molecular flexibility index (Phi) is 5.65. The van der Waals surface area contributed by atoms with Crippen molar-refractivity contribution < 1.29 is 4.79 Å². The number of aromatic nitrogens is 5. The molecule has 0 aromatic carbocycles. The lowest BCUT2D eigenvalue weighted by Gasteiger charge is -2.33. The van der Waals surface area contributed by atoms with Crippen molar-refractivity contribution in [2.45, 2.75) is 0 Å². The third-order valence-corrected chi connectivity index (χ3v) is 6.11. The van der Waals surface area contributed by atoms with E-state index >= 15 is 0 Å². The van der Waals surface area contributed by atoms with Crippen molar-refractivity contribution >= 4 is 40.0 Å². The predicted octanol–water partition coefficient (Wildman–Crippen LogP) is 3.08. The molecule has 1 N–H and O–H groups in total. The fraction of sp³-hybridized carbons (Fsp3) is 0.261. The first-order valence-electron chi connectivity index (χ1n) is 10.6. The van der Waals surface area contributed by atoms with Crippen molar-refractivity contribution in [3.8, 4) is 11.3 Å². The topological polar surface area (TPSA) is 92.1 Å². The Balaban J connectivity index is 1.39. The van der Waals surface area contributed by atoms with Gasteiger partial charge in [0.1, 0.15) is 11.6 Å². The quantitative estimate of drug-likeness (QED) is 0.498. The molecule has 0 aliphatic carbocycles. The number of aryl methyl sites for hydroxylation is 1. The molecule has 33 heavy (non-hydrogen) atoms. The van der Waals surface area contributed by atoms with Crippen LogP contribution in [0.3, 0.4) is 0 Å². The summed E-state index contributed by atoms with van der Waals surface area (Å²) in [7, 11) is 3.95. The van der Waals surface area contributed by atoms with Gasteiger partial charge in [0, 0.05) is 68.8 Å². The number of carbonyl (C=O) groups is 1. The van der Waals surface area contributed by atoms with Gasteiger partial charge in [0.15, 0.2) is 0 Å². The van der Waals surface area contributed by atoms with E-state index in [1.54, 1.807) is 35.4 Å². The molecule has 0 spiro atoms. The van der Waals surface area contributed by atoms with E-state index < -0.39 is 0 Å². The molecule has 1 fully saturated rings. The summed E-state index contributed by atoms with van der Waals surface area (Å²) in [5.41, 5.74) is 2.80. The van der Waals surface area contributed by atoms with E-state index in [4.69, 9.17) is 16.6 Å². The maximum Gasteiger partial charge on any atom is 0.258 e. The third-order valence-electron chi connectivity index (χ3n) is 5.73. The van der Waals surface area contributed by atoms with E-state index in [2.05, 4.69) is 37.2 Å². The fourth-order valence-electron chi connectivity index (χ4n) is 3.83. The van der Waals surface area contributed by atoms with Gasteiger partial charge in [-0.15, -0.1) is 0 Å². The van der Waals surface area contributed by atoms with Crippen LogP contribution in [-0.4, -0.2) is 68.8 Å². The van der Waals surface area contributed by atoms with E-state index in [1.807, 2.05) is 25.4 Å². The number of nitrogens with zero attached hydrogens (tertiary/aromatic N) is 7. The normalized spacial score (nSPS) is 14.6. The van der Waals surface area contributed by atoms with E-state index in [0.717, 1.165) is 48.3 Å². The first kappa shape index (κ1) is 21.3. The van der Waals surface area contributed by atoms with Gasteiger partial charge in [0.05, 0.1) is 28.0 Å². The van der Waals surface area contributed by atoms with Crippen LogP contribution >= 0.6 is 11.6 Å². The van der Waals surface area contributed by atoms with Crippen molar-refractivity contribution in [1.29, 1.82) is 0 Å². The first-order chi connectivity index (χ1) is 16.0. The summed E-state index contributed by atoms with van der Waals surface area (Å²) in [6.45, 7) is 3.46. The van der Waals surface area contributed by atoms with E-state index in [-0.39, 0.29) is 5.91 Å². The van der Waals surface area contributed by atoms with Crippen LogP contribution in [0.25, 0.3) is 22.2 Å². The number of anilines is 2. The van der Waals surface area contributed by atoms with Crippen LogP contribution < -0.4 is 10.2 Å². The third kappa shape index (κ3) is 4.37. The molecule has 168 valence electrons. The SMILES string of the molecule is CN1CCN(c2nccc(C(=O)Nc3cc4nc(-c5cnn(C)c5)ccc4cn3)c2Cl)CC1. The number of halogens is 1. The van der Waals surface area contributed by atoms with Gasteiger partial charge < -0.3 is 15.1 Å². The molecule has 1 aliphatic heterocycles. The average molecular weight is 463 g/mol. The second-order valence-electron chi connectivity index (χ2n) is 8.10. The molecular weight excluding hydrogens is 440 g/mol. The fourth-order valence-corrected chi connectivity index (χ4v) is 4.15. The van der Waals surface area contributed by atoms with Crippen LogP contribution in [0.1, 0.15) is 10.4 Å². The van der Waals surface area contributed by atoms with Crippen molar-refractivity contribution in [2.75, 3.05) is 43.4 Å². The zero-order valence-corrected chi connectivity index (χ0v) is 19.1. The van der Waals surface area contributed by atoms with Crippen LogP contribution in [0.5, 0.6) is 0 Å². The van der Waals surface area contributed by atoms with Gasteiger partial charge in [-0.1, -0.05) is 11.6 Å². The highest BCUT2D eigenvalue weighted by molar-refractivity contribution is 6.36. The molecule has 0 bridgehead atoms. The van der Waals surface area contributed by atoms with Gasteiger partial charge in [-0.3, -0.25) is 9.48 Å². The highest BCUT2D eigenvalue weighted by Gasteiger charge is 2.22. The Morgan fingerprint density at radius 3 is 2.64 bits per heavy atom. The summed E-state index contributed by atoms with van der Waals surface area (Å²) in [6.07, 6.45) is 6.97. The summed E-state index contributed by atoms with van der Waals surface area (Å²) < 4.78 is 1.73. The van der Waals surface area contributed by atoms with Gasteiger partial charge in [-0.05, 0) is 25.2 Å². The monoisotopic (exact) mass is 462 g/mol. The highest BCUT2D eigenvalue weighted by atomic mass is 35.5. The molecule has 0 radical (unpaired) electrons. The molecule has 0 atom stereocenters. The number of hydrogen-bond donors (Lipinski definition) is 1. The zero-order chi connectivity index (χ0) is 22.9. The Morgan fingerprint density at radius 2 is 1.88 bits per heavy atom. The van der Waals surface area contributed by atoms with E-state index in [0.29, 0.717) is 22.2 Å². The van der Waals surface area contributed by atoms with Crippen molar-refractivity contribution in [3.63, 3.8) is 0 Å². The van der Waals surface area contributed by atoms with Gasteiger partial charge in [0.2, 0.25) is 0 Å². The van der Waals surface area contributed by atoms with E-state index in [9.17, 15) is 4.79 Å². The number of nitrogens with one attached hydrogen (secondary N) is 1. The zero-order valence-electron chi connectivity index (χ0n) is 18.4. The lowest BCUT2D eigenvalue weighted by molar-refractivity contribution is 0.102. The minimum atomic E-state index is -0.340. The minimum absolute atomic E-state index is 0.340. The molecule has 10 heteroatoms. The molecule has 9 nitrogen and oxygen atoms in total. The summed E-state index contributed by atoms with van der Waals surface area (Å²) >= 11 is 6.61. The summed E-state index contributed by atoms with van der Waals surface area (Å²) in [4.78, 5) is 30.9. The second kappa shape index (κ2) is 8.76. The Morgan fingerprint density at radius 1 is 1.06 bits per heavy atom. The smallest absolute Gasteiger partial charge is 0.258 e. The summed E-state index contributed by atoms with van der Waals surface area (Å²) in [6, 6.07) is 7.25. The maximum atomic E-state index is 13.0. The number of fused-ring (bicyclic) bond motifs is 1. The molecule has 1 aliphatic rings. The van der Waals surface area contributed by atoms with Crippen LogP contribution in [0, 0.1) is 0 Å². The lowest BCUT2D eigenvalue weighted by atomic mass is 10.2. The molecule has 4 aromatic heterocycles. The van der Waals surface area contributed by atoms with Gasteiger partial charge in [-0.2, -0.15) is 5.10 Å². The molecule has 5 rings (SSSR count). The molecule has 4 aromatic rings. The first-order valence-corrected chi connectivity index (χ1v) is 11.0. The van der Waals surface area contributed by atoms with Crippen molar-refractivity contribution in [3.05, 3.63) is 59.6 Å². The molecule has 1 amide bonds. The van der Waals surface area contributed by atoms with Crippen LogP contribution in [0.4, 0.5) is 11.6 Å². The minimum Gasteiger partial charge on any atom is -0.353 e. The standard InChI is InChI=1S/C23H23ClN8O/c1-30-7-9-32(10-8-30)22-21(24)17(5-6-25-22)23(33)29-20-11-19-15(12-26-20)3-4-18(28-19)16-13-27-31(2)14-16/h3-6,11-14H,7-10H2,1-2H3,(H,26,29,33). The van der Waals surface area contributed by atoms with Crippen LogP contribution in [0.15, 0.2) is 49.1 Å². The number of likely N-dealkylation sites (N-methyl/N-ethyl adjacent to an activating group) is 1. The molecule has 0 unspecified atom stereocenters. The second-order valence-corrected chi connectivity index (χ2v) is 8.48. The van der Waals surface area contributed by atoms with Crippen molar-refractivity contribution in [1.82, 2.24) is 29.6 Å². The Bertz CT molecular complexity index is 1330. The lowest BCUT2D eigenvalue weighted by Crippen LogP contribution is -2.45. The van der Waals surface area contributed by atoms with Crippen molar-refractivity contribution in [2.24, 2.45) is 7.05 Å². The number of hydrogen-bond acceptors (Lipinski definition) is 7. The number of piperazine rings is 1. The molecule has 5 heterocycles. The van der Waals surface area contributed by atoms with Crippen LogP contribution in [0.2, 0.25) is 5.02 Å². The highest BCUT2D eigenvalue weighted by Crippen LogP contribution is 2.28. The number of amides is 1. The van der Waals surface area contributed by atoms with Crippen LogP contribution in [-0.2, 0) is 7.05 Å². The maximum absolute atomic E-state index is 13.0. The van der Waals surface area contributed by atoms with Gasteiger partial charge in [-0.25, -0.2) is 15.0 Å².